The van der Waals surface area contributed by atoms with Crippen molar-refractivity contribution >= 4 is 16.9 Å². The van der Waals surface area contributed by atoms with Crippen molar-refractivity contribution in [3.05, 3.63) is 58.0 Å². The van der Waals surface area contributed by atoms with Gasteiger partial charge in [-0.25, -0.2) is 9.97 Å². The Labute approximate surface area is 151 Å². The number of aryl methyl sites for hydroxylation is 2. The molecule has 0 unspecified atom stereocenters. The van der Waals surface area contributed by atoms with E-state index in [2.05, 4.69) is 26.8 Å². The molecule has 0 bridgehead atoms. The van der Waals surface area contributed by atoms with Gasteiger partial charge in [-0.05, 0) is 25.5 Å². The number of nitrogens with one attached hydrogen (secondary N) is 1. The fraction of sp³-hybridized carbons (Fsp3) is 0.368. The number of imidazole rings is 1. The van der Waals surface area contributed by atoms with Crippen LogP contribution in [0, 0.1) is 6.92 Å². The number of aromatic nitrogens is 4. The van der Waals surface area contributed by atoms with Crippen LogP contribution >= 0.6 is 0 Å². The molecule has 3 aromatic rings. The Balaban J connectivity index is 1.74. The molecule has 1 N–H and O–H groups in total. The maximum atomic E-state index is 12.3. The van der Waals surface area contributed by atoms with Gasteiger partial charge in [0.2, 0.25) is 5.91 Å². The zero-order valence-electron chi connectivity index (χ0n) is 15.3. The minimum absolute atomic E-state index is 0.0793. The van der Waals surface area contributed by atoms with E-state index in [1.165, 1.54) is 10.9 Å². The third-order valence-electron chi connectivity index (χ3n) is 4.41. The second kappa shape index (κ2) is 7.51. The van der Waals surface area contributed by atoms with Gasteiger partial charge >= 0.3 is 0 Å². The summed E-state index contributed by atoms with van der Waals surface area (Å²) in [6.07, 6.45) is 2.51. The van der Waals surface area contributed by atoms with Crippen molar-refractivity contribution < 1.29 is 4.79 Å². The summed E-state index contributed by atoms with van der Waals surface area (Å²) in [5, 5.41) is 2.90. The van der Waals surface area contributed by atoms with E-state index in [0.29, 0.717) is 17.8 Å². The number of para-hydroxylation sites is 2. The Morgan fingerprint density at radius 1 is 1.27 bits per heavy atom. The molecular formula is C19H23N5O2. The Morgan fingerprint density at radius 2 is 2.04 bits per heavy atom. The number of hydrogen-bond acceptors (Lipinski definition) is 4. The maximum absolute atomic E-state index is 12.3. The van der Waals surface area contributed by atoms with Gasteiger partial charge in [0.25, 0.3) is 5.56 Å². The van der Waals surface area contributed by atoms with Crippen LogP contribution in [0.15, 0.2) is 35.4 Å². The highest BCUT2D eigenvalue weighted by Crippen LogP contribution is 2.16. The second-order valence-electron chi connectivity index (χ2n) is 6.35. The summed E-state index contributed by atoms with van der Waals surface area (Å²) in [5.41, 5.74) is 2.88. The molecule has 0 aliphatic carbocycles. The van der Waals surface area contributed by atoms with Gasteiger partial charge in [0.05, 0.1) is 36.0 Å². The van der Waals surface area contributed by atoms with Crippen molar-refractivity contribution in [2.75, 3.05) is 0 Å². The van der Waals surface area contributed by atoms with Gasteiger partial charge in [0.1, 0.15) is 5.82 Å². The number of amides is 1. The van der Waals surface area contributed by atoms with Crippen LogP contribution in [-0.4, -0.2) is 25.0 Å². The predicted octanol–water partition coefficient (Wildman–Crippen LogP) is 1.71. The molecule has 7 nitrogen and oxygen atoms in total. The molecule has 3 rings (SSSR count). The van der Waals surface area contributed by atoms with E-state index >= 15 is 0 Å². The van der Waals surface area contributed by atoms with Crippen molar-refractivity contribution in [2.24, 2.45) is 7.05 Å². The van der Waals surface area contributed by atoms with E-state index in [-0.39, 0.29) is 17.9 Å². The minimum Gasteiger partial charge on any atom is -0.349 e. The lowest BCUT2D eigenvalue weighted by Crippen LogP contribution is -2.29. The number of rotatable bonds is 6. The van der Waals surface area contributed by atoms with Crippen molar-refractivity contribution in [1.29, 1.82) is 0 Å². The van der Waals surface area contributed by atoms with Gasteiger partial charge in [0, 0.05) is 19.2 Å². The number of fused-ring (bicyclic) bond motifs is 1. The minimum atomic E-state index is -0.177. The number of carbonyl (C=O) groups excluding carboxylic acids is 1. The lowest BCUT2D eigenvalue weighted by Gasteiger charge is -2.10. The Hall–Kier alpha value is -2.96. The first-order valence-corrected chi connectivity index (χ1v) is 8.73. The van der Waals surface area contributed by atoms with E-state index in [4.69, 9.17) is 0 Å². The Kier molecular flexibility index (Phi) is 5.16. The Morgan fingerprint density at radius 3 is 2.81 bits per heavy atom. The van der Waals surface area contributed by atoms with Crippen LogP contribution in [0.4, 0.5) is 0 Å². The van der Waals surface area contributed by atoms with E-state index in [1.807, 2.05) is 24.3 Å². The van der Waals surface area contributed by atoms with Gasteiger partial charge in [-0.1, -0.05) is 19.1 Å². The molecule has 2 heterocycles. The average molecular weight is 353 g/mol. The van der Waals surface area contributed by atoms with Crippen molar-refractivity contribution in [3.63, 3.8) is 0 Å². The smallest absolute Gasteiger partial charge is 0.256 e. The van der Waals surface area contributed by atoms with Gasteiger partial charge in [-0.15, -0.1) is 0 Å². The summed E-state index contributed by atoms with van der Waals surface area (Å²) in [4.78, 5) is 33.1. The lowest BCUT2D eigenvalue weighted by atomic mass is 10.2. The highest BCUT2D eigenvalue weighted by molar-refractivity contribution is 5.79. The van der Waals surface area contributed by atoms with Crippen LogP contribution in [0.3, 0.4) is 0 Å². The molecule has 0 atom stereocenters. The zero-order valence-corrected chi connectivity index (χ0v) is 15.3. The number of carbonyl (C=O) groups is 1. The molecule has 0 radical (unpaired) electrons. The van der Waals surface area contributed by atoms with E-state index in [0.717, 1.165) is 29.8 Å². The topological polar surface area (TPSA) is 81.8 Å². The number of hydrogen-bond donors (Lipinski definition) is 1. The van der Waals surface area contributed by atoms with Crippen molar-refractivity contribution in [3.8, 4) is 0 Å². The molecule has 0 aliphatic heterocycles. The largest absolute Gasteiger partial charge is 0.349 e. The zero-order chi connectivity index (χ0) is 18.7. The monoisotopic (exact) mass is 353 g/mol. The third kappa shape index (κ3) is 3.51. The summed E-state index contributed by atoms with van der Waals surface area (Å²) in [5.74, 6) is 0.652. The van der Waals surface area contributed by atoms with Crippen LogP contribution in [-0.2, 0) is 31.4 Å². The maximum Gasteiger partial charge on any atom is 0.256 e. The fourth-order valence-electron chi connectivity index (χ4n) is 3.00. The molecular weight excluding hydrogens is 330 g/mol. The normalized spacial score (nSPS) is 11.0. The molecule has 2 aromatic heterocycles. The van der Waals surface area contributed by atoms with Crippen molar-refractivity contribution in [2.45, 2.75) is 39.8 Å². The highest BCUT2D eigenvalue weighted by Gasteiger charge is 2.13. The first kappa shape index (κ1) is 17.8. The van der Waals surface area contributed by atoms with Crippen LogP contribution < -0.4 is 10.9 Å². The van der Waals surface area contributed by atoms with Crippen LogP contribution in [0.5, 0.6) is 0 Å². The first-order valence-electron chi connectivity index (χ1n) is 8.73. The van der Waals surface area contributed by atoms with Gasteiger partial charge in [0.15, 0.2) is 0 Å². The first-order chi connectivity index (χ1) is 12.5. The van der Waals surface area contributed by atoms with Gasteiger partial charge in [-0.2, -0.15) is 0 Å². The molecule has 0 saturated carbocycles. The summed E-state index contributed by atoms with van der Waals surface area (Å²) < 4.78 is 3.54. The standard InChI is InChI=1S/C19H23N5O2/c1-4-9-24-16-8-6-5-7-14(16)22-17(24)11-20-18(25)10-15-13(2)19(26)23(3)12-21-15/h5-8,12H,4,9-11H2,1-3H3,(H,20,25). The fourth-order valence-corrected chi connectivity index (χ4v) is 3.00. The quantitative estimate of drug-likeness (QED) is 0.731. The summed E-state index contributed by atoms with van der Waals surface area (Å²) in [6, 6.07) is 7.96. The lowest BCUT2D eigenvalue weighted by molar-refractivity contribution is -0.120. The molecule has 0 saturated heterocycles. The van der Waals surface area contributed by atoms with Crippen LogP contribution in [0.25, 0.3) is 11.0 Å². The van der Waals surface area contributed by atoms with E-state index in [1.54, 1.807) is 14.0 Å². The van der Waals surface area contributed by atoms with Gasteiger partial charge in [-0.3, -0.25) is 9.59 Å². The number of benzene rings is 1. The molecule has 26 heavy (non-hydrogen) atoms. The molecule has 0 spiro atoms. The van der Waals surface area contributed by atoms with Crippen LogP contribution in [0.2, 0.25) is 0 Å². The highest BCUT2D eigenvalue weighted by atomic mass is 16.1. The second-order valence-corrected chi connectivity index (χ2v) is 6.35. The van der Waals surface area contributed by atoms with Gasteiger partial charge < -0.3 is 14.5 Å². The molecule has 136 valence electrons. The molecule has 7 heteroatoms. The summed E-state index contributed by atoms with van der Waals surface area (Å²) in [6.45, 7) is 5.00. The van der Waals surface area contributed by atoms with Crippen molar-refractivity contribution in [1.82, 2.24) is 24.4 Å². The van der Waals surface area contributed by atoms with E-state index < -0.39 is 0 Å². The van der Waals surface area contributed by atoms with E-state index in [9.17, 15) is 9.59 Å². The third-order valence-corrected chi connectivity index (χ3v) is 4.41. The number of nitrogens with zero attached hydrogens (tertiary/aromatic N) is 4. The molecule has 1 aromatic carbocycles. The average Bonchev–Trinajstić information content (AvgIpc) is 2.99. The predicted molar refractivity (Wildman–Crippen MR) is 99.8 cm³/mol. The summed E-state index contributed by atoms with van der Waals surface area (Å²) >= 11 is 0. The SMILES string of the molecule is CCCn1c(CNC(=O)Cc2ncn(C)c(=O)c2C)nc2ccccc21. The molecule has 0 aliphatic rings. The summed E-state index contributed by atoms with van der Waals surface area (Å²) in [7, 11) is 1.64. The molecule has 1 amide bonds. The van der Waals surface area contributed by atoms with Crippen LogP contribution in [0.1, 0.15) is 30.4 Å². The molecule has 0 fully saturated rings. The Bertz CT molecular complexity index is 1000.